The van der Waals surface area contributed by atoms with E-state index in [4.69, 9.17) is 19.9 Å². The van der Waals surface area contributed by atoms with Gasteiger partial charge in [-0.2, -0.15) is 0 Å². The molecule has 0 aromatic heterocycles. The molecule has 11 heteroatoms. The Balaban J connectivity index is 1.62. The average molecular weight is 673 g/mol. The van der Waals surface area contributed by atoms with Crippen LogP contribution in [0.15, 0.2) is 23.2 Å². The number of aliphatic hydroxyl groups excluding tert-OH is 2. The van der Waals surface area contributed by atoms with Gasteiger partial charge >= 0.3 is 0 Å². The number of carbonyl (C=O) groups is 1. The standard InChI is InChI=1S/C38H48N4O7/c1-22(2)19-41-38(39)42-20-26-9-5-7-24-15-27-16-25(34(48-21-40-3)36-30(27)18-31(26)37(46)49-36)8-6-10-29-23(11-13-28(43)17-33(24)45)12-14-32(44)35(29)47-4/h12,14,16,22,24,26,31,33,37,40,44-46H,8-9,11,13,15,17-21H2,1-4H3,(H3,39,41,42)/t24-,26-,31-,33+,37+/m1/s1. The number of nitrogens with one attached hydrogen (secondary N) is 2. The lowest BCUT2D eigenvalue weighted by Crippen LogP contribution is -2.44. The fourth-order valence-electron chi connectivity index (χ4n) is 6.63. The first-order chi connectivity index (χ1) is 23.6. The van der Waals surface area contributed by atoms with Gasteiger partial charge in [0.05, 0.1) is 24.7 Å². The lowest BCUT2D eigenvalue weighted by Gasteiger charge is -2.38. The minimum atomic E-state index is -1.15. The van der Waals surface area contributed by atoms with Crippen LogP contribution in [0.4, 0.5) is 0 Å². The van der Waals surface area contributed by atoms with Gasteiger partial charge in [-0.05, 0) is 55.3 Å². The number of methoxy groups -OCH3 is 1. The lowest BCUT2D eigenvalue weighted by molar-refractivity contribution is -0.121. The molecule has 0 spiro atoms. The monoisotopic (exact) mass is 672 g/mol. The van der Waals surface area contributed by atoms with Crippen molar-refractivity contribution in [1.29, 1.82) is 0 Å². The third kappa shape index (κ3) is 8.60. The molecule has 0 fully saturated rings. The molecule has 262 valence electrons. The number of nitrogens with zero attached hydrogens (tertiary/aromatic N) is 1. The maximum atomic E-state index is 13.2. The van der Waals surface area contributed by atoms with Crippen molar-refractivity contribution in [2.75, 3.05) is 34.0 Å². The Kier molecular flexibility index (Phi) is 11.9. The van der Waals surface area contributed by atoms with Crippen molar-refractivity contribution in [3.8, 4) is 46.7 Å². The van der Waals surface area contributed by atoms with Gasteiger partial charge in [0.25, 0.3) is 0 Å². The molecule has 1 aliphatic heterocycles. The minimum absolute atomic E-state index is 0.0489. The summed E-state index contributed by atoms with van der Waals surface area (Å²) in [5.74, 6) is 13.7. The van der Waals surface area contributed by atoms with Gasteiger partial charge in [0.2, 0.25) is 6.29 Å². The van der Waals surface area contributed by atoms with Crippen LogP contribution < -0.4 is 30.6 Å². The van der Waals surface area contributed by atoms with Crippen molar-refractivity contribution in [1.82, 2.24) is 10.6 Å². The maximum absolute atomic E-state index is 13.2. The quantitative estimate of drug-likeness (QED) is 0.106. The van der Waals surface area contributed by atoms with E-state index in [-0.39, 0.29) is 55.1 Å². The zero-order valence-electron chi connectivity index (χ0n) is 28.8. The van der Waals surface area contributed by atoms with Crippen molar-refractivity contribution >= 4 is 11.7 Å². The van der Waals surface area contributed by atoms with Crippen molar-refractivity contribution in [3.63, 3.8) is 0 Å². The molecule has 2 aromatic rings. The number of rotatable bonds is 8. The highest BCUT2D eigenvalue weighted by Crippen LogP contribution is 2.46. The first-order valence-corrected chi connectivity index (χ1v) is 17.0. The SMILES string of the molecule is CNCOc1c2cc3c4c1O[C@H](O)[C@H](C4)[C@@H](CNC(N)=NCC(C)C)CC#C[C@H](C3)[C@@H](O)CC(=O)CCc1ccc(O)c(OC)c1C#CC2. The Morgan fingerprint density at radius 3 is 2.69 bits per heavy atom. The molecule has 2 aliphatic carbocycles. The van der Waals surface area contributed by atoms with Crippen LogP contribution in [0.3, 0.4) is 0 Å². The number of hydrogen-bond acceptors (Lipinski definition) is 9. The third-order valence-corrected chi connectivity index (χ3v) is 9.28. The van der Waals surface area contributed by atoms with E-state index in [2.05, 4.69) is 53.2 Å². The van der Waals surface area contributed by atoms with E-state index >= 15 is 0 Å². The second kappa shape index (κ2) is 16.3. The van der Waals surface area contributed by atoms with Crippen LogP contribution in [-0.4, -0.2) is 73.4 Å². The molecule has 5 bridgehead atoms. The number of ketones is 1. The molecule has 11 nitrogen and oxygen atoms in total. The number of fused-ring (bicyclic) bond motifs is 4. The Morgan fingerprint density at radius 2 is 1.94 bits per heavy atom. The van der Waals surface area contributed by atoms with E-state index in [1.807, 2.05) is 6.07 Å². The van der Waals surface area contributed by atoms with E-state index in [0.717, 1.165) is 22.3 Å². The van der Waals surface area contributed by atoms with Gasteiger partial charge in [0, 0.05) is 55.8 Å². The highest BCUT2D eigenvalue weighted by atomic mass is 16.6. The van der Waals surface area contributed by atoms with Crippen LogP contribution in [0.2, 0.25) is 0 Å². The summed E-state index contributed by atoms with van der Waals surface area (Å²) in [5.41, 5.74) is 9.94. The third-order valence-electron chi connectivity index (χ3n) is 9.28. The molecule has 0 unspecified atom stereocenters. The molecule has 0 amide bonds. The summed E-state index contributed by atoms with van der Waals surface area (Å²) in [6, 6.07) is 5.29. The van der Waals surface area contributed by atoms with Crippen molar-refractivity contribution < 1.29 is 34.3 Å². The average Bonchev–Trinajstić information content (AvgIpc) is 3.07. The molecule has 3 aliphatic rings. The molecular formula is C38H48N4O7. The summed E-state index contributed by atoms with van der Waals surface area (Å²) < 4.78 is 18.1. The first kappa shape index (κ1) is 35.9. The minimum Gasteiger partial charge on any atom is -0.504 e. The van der Waals surface area contributed by atoms with Gasteiger partial charge < -0.3 is 40.6 Å². The van der Waals surface area contributed by atoms with Crippen LogP contribution in [0.25, 0.3) is 0 Å². The number of carbonyl (C=O) groups excluding carboxylic acids is 1. The number of ether oxygens (including phenoxy) is 3. The van der Waals surface area contributed by atoms with Gasteiger partial charge in [-0.3, -0.25) is 15.1 Å². The van der Waals surface area contributed by atoms with Gasteiger partial charge in [0.1, 0.15) is 12.5 Å². The molecule has 2 aromatic carbocycles. The van der Waals surface area contributed by atoms with Gasteiger partial charge in [-0.25, -0.2) is 0 Å². The summed E-state index contributed by atoms with van der Waals surface area (Å²) in [6.07, 6.45) is -0.126. The second-order valence-electron chi connectivity index (χ2n) is 13.4. The molecule has 5 atom stereocenters. The van der Waals surface area contributed by atoms with Crippen molar-refractivity contribution in [2.45, 2.75) is 71.2 Å². The first-order valence-electron chi connectivity index (χ1n) is 17.0. The van der Waals surface area contributed by atoms with Crippen LogP contribution in [0, 0.1) is 47.4 Å². The predicted molar refractivity (Wildman–Crippen MR) is 186 cm³/mol. The van der Waals surface area contributed by atoms with Crippen molar-refractivity contribution in [3.05, 3.63) is 46.0 Å². The van der Waals surface area contributed by atoms with Gasteiger partial charge in [0.15, 0.2) is 29.0 Å². The van der Waals surface area contributed by atoms with Crippen LogP contribution in [0.5, 0.6) is 23.0 Å². The van der Waals surface area contributed by atoms with Gasteiger partial charge in [-0.15, -0.1) is 5.92 Å². The normalized spacial score (nSPS) is 23.5. The Bertz CT molecular complexity index is 1680. The highest BCUT2D eigenvalue weighted by molar-refractivity contribution is 5.79. The molecule has 49 heavy (non-hydrogen) atoms. The topological polar surface area (TPSA) is 168 Å². The molecule has 5 rings (SSSR count). The molecule has 7 N–H and O–H groups in total. The molecular weight excluding hydrogens is 624 g/mol. The number of Topliss-reactive ketones (excluding diaryl/α,β-unsaturated/α-hetero) is 1. The van der Waals surface area contributed by atoms with E-state index < -0.39 is 18.3 Å². The predicted octanol–water partition coefficient (Wildman–Crippen LogP) is 2.43. The summed E-state index contributed by atoms with van der Waals surface area (Å²) in [4.78, 5) is 17.7. The Hall–Kier alpha value is -4.42. The molecule has 1 heterocycles. The number of benzene rings is 2. The van der Waals surface area contributed by atoms with Crippen molar-refractivity contribution in [2.24, 2.45) is 34.4 Å². The van der Waals surface area contributed by atoms with Gasteiger partial charge in [-0.1, -0.05) is 43.7 Å². The maximum Gasteiger partial charge on any atom is 0.201 e. The number of aryl methyl sites for hydroxylation is 1. The number of hydrogen-bond donors (Lipinski definition) is 6. The van der Waals surface area contributed by atoms with E-state index in [1.165, 1.54) is 13.2 Å². The fraction of sp³-hybridized carbons (Fsp3) is 0.526. The van der Waals surface area contributed by atoms with E-state index in [1.54, 1.807) is 13.1 Å². The molecule has 0 radical (unpaired) electrons. The number of phenolic OH excluding ortho intramolecular Hbond substituents is 1. The summed E-state index contributed by atoms with van der Waals surface area (Å²) in [7, 11) is 3.24. The Labute approximate surface area is 288 Å². The number of aliphatic imine (C=N–C) groups is 1. The second-order valence-corrected chi connectivity index (χ2v) is 13.4. The van der Waals surface area contributed by atoms with E-state index in [0.29, 0.717) is 67.7 Å². The number of aliphatic hydroxyl groups is 2. The number of aromatic hydroxyl groups is 1. The zero-order chi connectivity index (χ0) is 35.1. The lowest BCUT2D eigenvalue weighted by atomic mass is 9.77. The fourth-order valence-corrected chi connectivity index (χ4v) is 6.63. The summed E-state index contributed by atoms with van der Waals surface area (Å²) >= 11 is 0. The zero-order valence-corrected chi connectivity index (χ0v) is 28.8. The Morgan fingerprint density at radius 1 is 1.12 bits per heavy atom. The van der Waals surface area contributed by atoms with Crippen LogP contribution >= 0.6 is 0 Å². The molecule has 0 saturated heterocycles. The van der Waals surface area contributed by atoms with E-state index in [9.17, 15) is 20.1 Å². The van der Waals surface area contributed by atoms with Crippen LogP contribution in [-0.2, 0) is 30.5 Å². The van der Waals surface area contributed by atoms with Crippen LogP contribution in [0.1, 0.15) is 60.9 Å². The number of nitrogens with two attached hydrogens (primary N) is 1. The highest BCUT2D eigenvalue weighted by Gasteiger charge is 2.39. The largest absolute Gasteiger partial charge is 0.504 e. The number of guanidine groups is 1. The summed E-state index contributed by atoms with van der Waals surface area (Å²) in [5, 5.41) is 39.7. The molecule has 0 saturated carbocycles. The summed E-state index contributed by atoms with van der Waals surface area (Å²) in [6.45, 7) is 5.34. The smallest absolute Gasteiger partial charge is 0.201 e. The number of phenols is 1.